The van der Waals surface area contributed by atoms with Gasteiger partial charge in [0.1, 0.15) is 11.6 Å². The molecule has 0 atom stereocenters. The molecule has 2 N–H and O–H groups in total. The van der Waals surface area contributed by atoms with Gasteiger partial charge in [-0.05, 0) is 40.2 Å². The van der Waals surface area contributed by atoms with Crippen molar-refractivity contribution in [1.29, 1.82) is 0 Å². The average Bonchev–Trinajstić information content (AvgIpc) is 2.31. The van der Waals surface area contributed by atoms with Gasteiger partial charge in [0, 0.05) is 16.2 Å². The summed E-state index contributed by atoms with van der Waals surface area (Å²) in [6.07, 6.45) is 1.35. The fourth-order valence-corrected chi connectivity index (χ4v) is 2.14. The Morgan fingerprint density at radius 2 is 2.06 bits per heavy atom. The first kappa shape index (κ1) is 13.0. The van der Waals surface area contributed by atoms with Gasteiger partial charge in [0.05, 0.1) is 10.6 Å². The first-order chi connectivity index (χ1) is 8.49. The maximum atomic E-state index is 13.0. The van der Waals surface area contributed by atoms with Gasteiger partial charge in [0.2, 0.25) is 0 Å². The maximum Gasteiger partial charge on any atom is 0.197 e. The fraction of sp³-hybridized carbons (Fsp3) is 0. The second kappa shape index (κ2) is 5.04. The first-order valence-electron chi connectivity index (χ1n) is 4.90. The van der Waals surface area contributed by atoms with Crippen molar-refractivity contribution in [3.8, 4) is 0 Å². The Labute approximate surface area is 116 Å². The van der Waals surface area contributed by atoms with Gasteiger partial charge in [-0.2, -0.15) is 0 Å². The number of benzene rings is 1. The number of hydrogen-bond donors (Lipinski definition) is 1. The highest BCUT2D eigenvalue weighted by molar-refractivity contribution is 9.10. The zero-order valence-electron chi connectivity index (χ0n) is 8.95. The average molecular weight is 330 g/mol. The lowest BCUT2D eigenvalue weighted by atomic mass is 10.0. The predicted molar refractivity (Wildman–Crippen MR) is 71.2 cm³/mol. The summed E-state index contributed by atoms with van der Waals surface area (Å²) in [6.45, 7) is 0. The molecule has 2 aromatic rings. The van der Waals surface area contributed by atoms with Crippen LogP contribution in [0, 0.1) is 5.82 Å². The van der Waals surface area contributed by atoms with Crippen LogP contribution < -0.4 is 5.73 Å². The van der Waals surface area contributed by atoms with E-state index in [9.17, 15) is 9.18 Å². The van der Waals surface area contributed by atoms with Crippen LogP contribution in [0.15, 0.2) is 34.9 Å². The van der Waals surface area contributed by atoms with Crippen molar-refractivity contribution in [1.82, 2.24) is 4.98 Å². The number of nitrogens with zero attached hydrogens (tertiary/aromatic N) is 1. The van der Waals surface area contributed by atoms with Crippen molar-refractivity contribution >= 4 is 39.1 Å². The summed E-state index contributed by atoms with van der Waals surface area (Å²) in [4.78, 5) is 16.0. The van der Waals surface area contributed by atoms with E-state index in [0.717, 1.165) is 0 Å². The Balaban J connectivity index is 2.51. The lowest BCUT2D eigenvalue weighted by Gasteiger charge is -2.06. The molecule has 1 aromatic heterocycles. The molecule has 0 aliphatic rings. The zero-order chi connectivity index (χ0) is 13.3. The van der Waals surface area contributed by atoms with Crippen molar-refractivity contribution in [2.75, 3.05) is 5.73 Å². The summed E-state index contributed by atoms with van der Waals surface area (Å²) in [5.74, 6) is -0.717. The Morgan fingerprint density at radius 1 is 1.33 bits per heavy atom. The molecule has 0 radical (unpaired) electrons. The summed E-state index contributed by atoms with van der Waals surface area (Å²) < 4.78 is 13.3. The highest BCUT2D eigenvalue weighted by atomic mass is 79.9. The highest BCUT2D eigenvalue weighted by Gasteiger charge is 2.16. The molecule has 0 unspecified atom stereocenters. The van der Waals surface area contributed by atoms with Crippen molar-refractivity contribution in [2.24, 2.45) is 0 Å². The predicted octanol–water partition coefficient (Wildman–Crippen LogP) is 3.45. The van der Waals surface area contributed by atoms with Crippen molar-refractivity contribution in [3.05, 3.63) is 56.9 Å². The van der Waals surface area contributed by atoms with Crippen LogP contribution >= 0.6 is 27.5 Å². The van der Waals surface area contributed by atoms with E-state index in [-0.39, 0.29) is 17.2 Å². The van der Waals surface area contributed by atoms with E-state index in [1.807, 2.05) is 0 Å². The van der Waals surface area contributed by atoms with Crippen LogP contribution in [0.1, 0.15) is 15.9 Å². The molecule has 1 heterocycles. The van der Waals surface area contributed by atoms with E-state index < -0.39 is 5.82 Å². The second-order valence-electron chi connectivity index (χ2n) is 3.54. The third kappa shape index (κ3) is 2.52. The van der Waals surface area contributed by atoms with Gasteiger partial charge in [0.15, 0.2) is 5.78 Å². The minimum atomic E-state index is -0.435. The van der Waals surface area contributed by atoms with Gasteiger partial charge < -0.3 is 5.73 Å². The molecule has 2 rings (SSSR count). The van der Waals surface area contributed by atoms with Crippen LogP contribution in [0.25, 0.3) is 0 Å². The molecule has 92 valence electrons. The molecular weight excluding hydrogens is 322 g/mol. The van der Waals surface area contributed by atoms with Gasteiger partial charge in [-0.25, -0.2) is 9.37 Å². The van der Waals surface area contributed by atoms with E-state index in [4.69, 9.17) is 17.3 Å². The van der Waals surface area contributed by atoms with Crippen LogP contribution in [-0.2, 0) is 0 Å². The summed E-state index contributed by atoms with van der Waals surface area (Å²) >= 11 is 8.90. The molecule has 0 bridgehead atoms. The minimum Gasteiger partial charge on any atom is -0.383 e. The lowest BCUT2D eigenvalue weighted by molar-refractivity contribution is 0.103. The molecule has 3 nitrogen and oxygen atoms in total. The zero-order valence-corrected chi connectivity index (χ0v) is 11.3. The van der Waals surface area contributed by atoms with Crippen molar-refractivity contribution in [2.45, 2.75) is 0 Å². The summed E-state index contributed by atoms with van der Waals surface area (Å²) in [7, 11) is 0. The molecule has 1 aromatic carbocycles. The van der Waals surface area contributed by atoms with Crippen LogP contribution in [0.2, 0.25) is 5.02 Å². The normalized spacial score (nSPS) is 10.4. The largest absolute Gasteiger partial charge is 0.383 e. The van der Waals surface area contributed by atoms with Gasteiger partial charge in [-0.15, -0.1) is 0 Å². The number of rotatable bonds is 2. The standard InChI is InChI=1S/C12H7BrClFN2O/c13-10-4-7(15)1-2-8(10)11(18)9-3-6(14)5-17-12(9)16/h1-5H,(H2,16,17). The molecule has 18 heavy (non-hydrogen) atoms. The quantitative estimate of drug-likeness (QED) is 0.859. The highest BCUT2D eigenvalue weighted by Crippen LogP contribution is 2.24. The third-order valence-corrected chi connectivity index (χ3v) is 3.17. The molecule has 0 fully saturated rings. The maximum absolute atomic E-state index is 13.0. The summed E-state index contributed by atoms with van der Waals surface area (Å²) in [6, 6.07) is 5.22. The fourth-order valence-electron chi connectivity index (χ4n) is 1.45. The molecule has 0 aliphatic carbocycles. The lowest BCUT2D eigenvalue weighted by Crippen LogP contribution is -2.07. The number of aromatic nitrogens is 1. The topological polar surface area (TPSA) is 56.0 Å². The Hall–Kier alpha value is -1.46. The van der Waals surface area contributed by atoms with Crippen LogP contribution in [0.3, 0.4) is 0 Å². The number of hydrogen-bond acceptors (Lipinski definition) is 3. The second-order valence-corrected chi connectivity index (χ2v) is 4.83. The van der Waals surface area contributed by atoms with Crippen LogP contribution in [-0.4, -0.2) is 10.8 Å². The van der Waals surface area contributed by atoms with Gasteiger partial charge in [-0.1, -0.05) is 11.6 Å². The number of halogens is 3. The van der Waals surface area contributed by atoms with Gasteiger partial charge >= 0.3 is 0 Å². The van der Waals surface area contributed by atoms with Gasteiger partial charge in [-0.3, -0.25) is 4.79 Å². The molecular formula is C12H7BrClFN2O. The Kier molecular flexibility index (Phi) is 3.63. The SMILES string of the molecule is Nc1ncc(Cl)cc1C(=O)c1ccc(F)cc1Br. The van der Waals surface area contributed by atoms with Crippen molar-refractivity contribution < 1.29 is 9.18 Å². The number of carbonyl (C=O) groups is 1. The molecule has 0 saturated carbocycles. The van der Waals surface area contributed by atoms with E-state index in [0.29, 0.717) is 15.1 Å². The molecule has 0 spiro atoms. The molecule has 6 heteroatoms. The molecule has 0 amide bonds. The first-order valence-corrected chi connectivity index (χ1v) is 6.07. The summed E-state index contributed by atoms with van der Waals surface area (Å²) in [5.41, 5.74) is 6.12. The van der Waals surface area contributed by atoms with Gasteiger partial charge in [0.25, 0.3) is 0 Å². The summed E-state index contributed by atoms with van der Waals surface area (Å²) in [5, 5.41) is 0.311. The third-order valence-electron chi connectivity index (χ3n) is 2.31. The van der Waals surface area contributed by atoms with Crippen molar-refractivity contribution in [3.63, 3.8) is 0 Å². The van der Waals surface area contributed by atoms with E-state index in [1.54, 1.807) is 0 Å². The monoisotopic (exact) mass is 328 g/mol. The number of anilines is 1. The Morgan fingerprint density at radius 3 is 2.72 bits per heavy atom. The number of ketones is 1. The molecule has 0 aliphatic heterocycles. The van der Waals surface area contributed by atoms with Crippen LogP contribution in [0.4, 0.5) is 10.2 Å². The van der Waals surface area contributed by atoms with Crippen LogP contribution in [0.5, 0.6) is 0 Å². The Bertz CT molecular complexity index is 633. The molecule has 0 saturated heterocycles. The smallest absolute Gasteiger partial charge is 0.197 e. The number of carbonyl (C=O) groups excluding carboxylic acids is 1. The van der Waals surface area contributed by atoms with E-state index in [2.05, 4.69) is 20.9 Å². The number of pyridine rings is 1. The van der Waals surface area contributed by atoms with E-state index >= 15 is 0 Å². The number of nitrogen functional groups attached to an aromatic ring is 1. The number of nitrogens with two attached hydrogens (primary N) is 1. The minimum absolute atomic E-state index is 0.0839. The van der Waals surface area contributed by atoms with E-state index in [1.165, 1.54) is 30.5 Å².